The zero-order chi connectivity index (χ0) is 15.2. The molecule has 0 radical (unpaired) electrons. The molecule has 0 saturated heterocycles. The Labute approximate surface area is 131 Å². The maximum atomic E-state index is 6.08. The molecular formula is C16H22ClN3O. The molecule has 4 nitrogen and oxygen atoms in total. The second kappa shape index (κ2) is 7.48. The highest BCUT2D eigenvalue weighted by Gasteiger charge is 2.08. The Balaban J connectivity index is 2.13. The van der Waals surface area contributed by atoms with Gasteiger partial charge in [0, 0.05) is 29.7 Å². The van der Waals surface area contributed by atoms with Crippen LogP contribution >= 0.6 is 11.6 Å². The minimum Gasteiger partial charge on any atom is -0.454 e. The Hall–Kier alpha value is -1.52. The summed E-state index contributed by atoms with van der Waals surface area (Å²) in [4.78, 5) is 0. The molecule has 2 aromatic rings. The smallest absolute Gasteiger partial charge is 0.165 e. The van der Waals surface area contributed by atoms with Gasteiger partial charge in [0.05, 0.1) is 12.4 Å². The third-order valence-electron chi connectivity index (χ3n) is 3.01. The molecule has 0 fully saturated rings. The first-order valence-electron chi connectivity index (χ1n) is 7.30. The van der Waals surface area contributed by atoms with E-state index in [-0.39, 0.29) is 0 Å². The number of nitrogens with one attached hydrogen (secondary N) is 1. The van der Waals surface area contributed by atoms with Crippen molar-refractivity contribution in [2.75, 3.05) is 0 Å². The van der Waals surface area contributed by atoms with Crippen LogP contribution in [0.2, 0.25) is 5.02 Å². The van der Waals surface area contributed by atoms with E-state index in [4.69, 9.17) is 16.3 Å². The van der Waals surface area contributed by atoms with Gasteiger partial charge in [-0.15, -0.1) is 0 Å². The highest BCUT2D eigenvalue weighted by Crippen LogP contribution is 2.27. The number of nitrogens with zero attached hydrogens (tertiary/aromatic N) is 2. The third kappa shape index (κ3) is 4.76. The molecule has 0 bridgehead atoms. The fourth-order valence-corrected chi connectivity index (χ4v) is 2.17. The minimum atomic E-state index is 0.407. The average Bonchev–Trinajstić information content (AvgIpc) is 2.87. The van der Waals surface area contributed by atoms with E-state index in [0.29, 0.717) is 11.1 Å². The molecule has 21 heavy (non-hydrogen) atoms. The fraction of sp³-hybridized carbons (Fsp3) is 0.438. The molecular weight excluding hydrogens is 286 g/mol. The lowest BCUT2D eigenvalue weighted by Gasteiger charge is -2.13. The molecule has 0 aliphatic rings. The standard InChI is InChI=1S/C16H22ClN3O/c1-4-7-20-11-15(10-19-20)21-16-6-5-14(17)8-13(16)9-18-12(2)3/h5-6,8,10-12,18H,4,7,9H2,1-3H3. The average molecular weight is 308 g/mol. The van der Waals surface area contributed by atoms with Crippen LogP contribution in [-0.2, 0) is 13.1 Å². The van der Waals surface area contributed by atoms with Gasteiger partial charge >= 0.3 is 0 Å². The van der Waals surface area contributed by atoms with Gasteiger partial charge in [-0.05, 0) is 24.6 Å². The lowest BCUT2D eigenvalue weighted by atomic mass is 10.2. The number of hydrogen-bond acceptors (Lipinski definition) is 3. The molecule has 1 aromatic carbocycles. The summed E-state index contributed by atoms with van der Waals surface area (Å²) in [6.07, 6.45) is 4.70. The Kier molecular flexibility index (Phi) is 5.65. The largest absolute Gasteiger partial charge is 0.454 e. The van der Waals surface area contributed by atoms with E-state index in [1.807, 2.05) is 29.1 Å². The van der Waals surface area contributed by atoms with Gasteiger partial charge < -0.3 is 10.1 Å². The van der Waals surface area contributed by atoms with Crippen LogP contribution < -0.4 is 10.1 Å². The topological polar surface area (TPSA) is 39.1 Å². The van der Waals surface area contributed by atoms with Crippen molar-refractivity contribution in [3.63, 3.8) is 0 Å². The van der Waals surface area contributed by atoms with Crippen molar-refractivity contribution in [2.24, 2.45) is 0 Å². The van der Waals surface area contributed by atoms with Crippen molar-refractivity contribution in [2.45, 2.75) is 46.3 Å². The van der Waals surface area contributed by atoms with E-state index in [2.05, 4.69) is 31.2 Å². The number of aromatic nitrogens is 2. The van der Waals surface area contributed by atoms with Gasteiger partial charge in [0.15, 0.2) is 5.75 Å². The maximum absolute atomic E-state index is 6.08. The molecule has 0 amide bonds. The summed E-state index contributed by atoms with van der Waals surface area (Å²) in [6, 6.07) is 6.08. The predicted octanol–water partition coefficient (Wildman–Crippen LogP) is 4.24. The Morgan fingerprint density at radius 1 is 1.38 bits per heavy atom. The van der Waals surface area contributed by atoms with Crippen LogP contribution in [0.3, 0.4) is 0 Å². The SMILES string of the molecule is CCCn1cc(Oc2ccc(Cl)cc2CNC(C)C)cn1. The summed E-state index contributed by atoms with van der Waals surface area (Å²) in [7, 11) is 0. The van der Waals surface area contributed by atoms with Crippen LogP contribution in [0.5, 0.6) is 11.5 Å². The van der Waals surface area contributed by atoms with Gasteiger partial charge in [-0.1, -0.05) is 32.4 Å². The molecule has 2 rings (SSSR count). The van der Waals surface area contributed by atoms with E-state index in [0.717, 1.165) is 36.6 Å². The number of halogens is 1. The van der Waals surface area contributed by atoms with Gasteiger partial charge in [-0.2, -0.15) is 5.10 Å². The number of ether oxygens (including phenoxy) is 1. The zero-order valence-electron chi connectivity index (χ0n) is 12.8. The van der Waals surface area contributed by atoms with Gasteiger partial charge in [-0.3, -0.25) is 4.68 Å². The highest BCUT2D eigenvalue weighted by atomic mass is 35.5. The second-order valence-electron chi connectivity index (χ2n) is 5.33. The van der Waals surface area contributed by atoms with E-state index < -0.39 is 0 Å². The van der Waals surface area contributed by atoms with Crippen molar-refractivity contribution >= 4 is 11.6 Å². The molecule has 1 aromatic heterocycles. The van der Waals surface area contributed by atoms with Crippen molar-refractivity contribution in [3.8, 4) is 11.5 Å². The summed E-state index contributed by atoms with van der Waals surface area (Å²) in [6.45, 7) is 7.96. The summed E-state index contributed by atoms with van der Waals surface area (Å²) < 4.78 is 7.83. The van der Waals surface area contributed by atoms with Crippen LogP contribution in [0.15, 0.2) is 30.6 Å². The van der Waals surface area contributed by atoms with Crippen molar-refractivity contribution in [1.29, 1.82) is 0 Å². The number of rotatable bonds is 7. The first-order valence-corrected chi connectivity index (χ1v) is 7.68. The third-order valence-corrected chi connectivity index (χ3v) is 3.25. The van der Waals surface area contributed by atoms with Crippen molar-refractivity contribution in [1.82, 2.24) is 15.1 Å². The predicted molar refractivity (Wildman–Crippen MR) is 86.0 cm³/mol. The normalized spacial score (nSPS) is 11.1. The first kappa shape index (κ1) is 15.9. The number of benzene rings is 1. The van der Waals surface area contributed by atoms with Crippen LogP contribution in [-0.4, -0.2) is 15.8 Å². The van der Waals surface area contributed by atoms with Crippen LogP contribution in [0.25, 0.3) is 0 Å². The lowest BCUT2D eigenvalue weighted by Crippen LogP contribution is -2.22. The van der Waals surface area contributed by atoms with E-state index >= 15 is 0 Å². The van der Waals surface area contributed by atoms with Gasteiger partial charge in [0.25, 0.3) is 0 Å². The molecule has 1 heterocycles. The molecule has 0 atom stereocenters. The van der Waals surface area contributed by atoms with Gasteiger partial charge in [-0.25, -0.2) is 0 Å². The first-order chi connectivity index (χ1) is 10.1. The summed E-state index contributed by atoms with van der Waals surface area (Å²) in [5, 5.41) is 8.37. The van der Waals surface area contributed by atoms with Crippen LogP contribution in [0, 0.1) is 0 Å². The molecule has 0 aliphatic carbocycles. The van der Waals surface area contributed by atoms with Gasteiger partial charge in [0.2, 0.25) is 0 Å². The fourth-order valence-electron chi connectivity index (χ4n) is 1.98. The van der Waals surface area contributed by atoms with Crippen molar-refractivity contribution in [3.05, 3.63) is 41.2 Å². The monoisotopic (exact) mass is 307 g/mol. The Morgan fingerprint density at radius 2 is 2.19 bits per heavy atom. The molecule has 0 saturated carbocycles. The molecule has 114 valence electrons. The minimum absolute atomic E-state index is 0.407. The molecule has 0 spiro atoms. The quantitative estimate of drug-likeness (QED) is 0.831. The van der Waals surface area contributed by atoms with Crippen LogP contribution in [0.4, 0.5) is 0 Å². The molecule has 0 unspecified atom stereocenters. The molecule has 0 aliphatic heterocycles. The molecule has 1 N–H and O–H groups in total. The Bertz CT molecular complexity index is 581. The Morgan fingerprint density at radius 3 is 2.90 bits per heavy atom. The second-order valence-corrected chi connectivity index (χ2v) is 5.77. The van der Waals surface area contributed by atoms with Gasteiger partial charge in [0.1, 0.15) is 5.75 Å². The number of hydrogen-bond donors (Lipinski definition) is 1. The summed E-state index contributed by atoms with van der Waals surface area (Å²) in [5.74, 6) is 1.56. The zero-order valence-corrected chi connectivity index (χ0v) is 13.5. The molecule has 5 heteroatoms. The summed E-state index contributed by atoms with van der Waals surface area (Å²) in [5.41, 5.74) is 1.04. The van der Waals surface area contributed by atoms with E-state index in [1.165, 1.54) is 0 Å². The highest BCUT2D eigenvalue weighted by molar-refractivity contribution is 6.30. The van der Waals surface area contributed by atoms with E-state index in [1.54, 1.807) is 6.20 Å². The van der Waals surface area contributed by atoms with Crippen molar-refractivity contribution < 1.29 is 4.74 Å². The maximum Gasteiger partial charge on any atom is 0.165 e. The number of aryl methyl sites for hydroxylation is 1. The summed E-state index contributed by atoms with van der Waals surface area (Å²) >= 11 is 6.08. The van der Waals surface area contributed by atoms with Crippen LogP contribution in [0.1, 0.15) is 32.8 Å². The lowest BCUT2D eigenvalue weighted by molar-refractivity contribution is 0.468. The van der Waals surface area contributed by atoms with E-state index in [9.17, 15) is 0 Å².